The van der Waals surface area contributed by atoms with Crippen LogP contribution in [0.3, 0.4) is 0 Å². The fourth-order valence-corrected chi connectivity index (χ4v) is 2.87. The van der Waals surface area contributed by atoms with E-state index in [-0.39, 0.29) is 5.82 Å². The number of aliphatic imine (C=N–C) groups is 1. The Labute approximate surface area is 141 Å². The summed E-state index contributed by atoms with van der Waals surface area (Å²) in [4.78, 5) is 6.13. The van der Waals surface area contributed by atoms with E-state index >= 15 is 0 Å². The Bertz CT molecular complexity index is 613. The smallest absolute Gasteiger partial charge is 0.191 e. The number of guanidine groups is 1. The van der Waals surface area contributed by atoms with Gasteiger partial charge in [-0.1, -0.05) is 12.1 Å². The third-order valence-electron chi connectivity index (χ3n) is 3.49. The summed E-state index contributed by atoms with van der Waals surface area (Å²) in [7, 11) is 3.66. The van der Waals surface area contributed by atoms with Crippen molar-refractivity contribution in [1.29, 1.82) is 0 Å². The minimum absolute atomic E-state index is 0.184. The second-order valence-corrected chi connectivity index (χ2v) is 5.99. The maximum Gasteiger partial charge on any atom is 0.191 e. The molecule has 2 rings (SSSR count). The van der Waals surface area contributed by atoms with Gasteiger partial charge in [-0.25, -0.2) is 4.39 Å². The normalized spacial score (nSPS) is 11.3. The van der Waals surface area contributed by atoms with Crippen molar-refractivity contribution in [3.8, 4) is 0 Å². The molecule has 23 heavy (non-hydrogen) atoms. The van der Waals surface area contributed by atoms with Crippen LogP contribution in [0.25, 0.3) is 0 Å². The van der Waals surface area contributed by atoms with Crippen molar-refractivity contribution < 1.29 is 4.39 Å². The van der Waals surface area contributed by atoms with Crippen molar-refractivity contribution in [1.82, 2.24) is 10.6 Å². The Morgan fingerprint density at radius 3 is 2.78 bits per heavy atom. The first-order valence-corrected chi connectivity index (χ1v) is 8.56. The van der Waals surface area contributed by atoms with Crippen LogP contribution in [0.1, 0.15) is 12.0 Å². The molecule has 6 heteroatoms. The fourth-order valence-electron chi connectivity index (χ4n) is 2.20. The van der Waals surface area contributed by atoms with Crippen LogP contribution >= 0.6 is 11.3 Å². The number of anilines is 1. The second-order valence-electron chi connectivity index (χ2n) is 5.21. The summed E-state index contributed by atoms with van der Waals surface area (Å²) in [5.41, 5.74) is 1.88. The quantitative estimate of drug-likeness (QED) is 0.464. The first-order chi connectivity index (χ1) is 11.2. The molecule has 0 unspecified atom stereocenters. The Morgan fingerprint density at radius 2 is 2.09 bits per heavy atom. The number of hydrogen-bond donors (Lipinski definition) is 2. The first-order valence-electron chi connectivity index (χ1n) is 7.62. The maximum atomic E-state index is 13.7. The monoisotopic (exact) mass is 334 g/mol. The van der Waals surface area contributed by atoms with Crippen molar-refractivity contribution in [3.63, 3.8) is 0 Å². The molecule has 0 aliphatic heterocycles. The minimum atomic E-state index is -0.184. The molecule has 0 spiro atoms. The van der Waals surface area contributed by atoms with Crippen molar-refractivity contribution in [3.05, 3.63) is 52.5 Å². The molecule has 0 amide bonds. The molecule has 0 radical (unpaired) electrons. The van der Waals surface area contributed by atoms with E-state index in [9.17, 15) is 4.39 Å². The van der Waals surface area contributed by atoms with E-state index in [4.69, 9.17) is 0 Å². The van der Waals surface area contributed by atoms with Crippen LogP contribution in [0.2, 0.25) is 0 Å². The molecule has 0 atom stereocenters. The number of nitrogens with one attached hydrogen (secondary N) is 2. The second kappa shape index (κ2) is 9.15. The van der Waals surface area contributed by atoms with Crippen LogP contribution in [0.15, 0.2) is 46.1 Å². The summed E-state index contributed by atoms with van der Waals surface area (Å²) in [5, 5.41) is 10.7. The number of hydrogen-bond acceptors (Lipinski definition) is 3. The number of thiophene rings is 1. The molecular formula is C17H23FN4S. The van der Waals surface area contributed by atoms with Gasteiger partial charge < -0.3 is 15.5 Å². The molecular weight excluding hydrogens is 311 g/mol. The maximum absolute atomic E-state index is 13.7. The van der Waals surface area contributed by atoms with Crippen molar-refractivity contribution in [2.24, 2.45) is 4.99 Å². The Balaban J connectivity index is 1.68. The fraction of sp³-hybridized carbons (Fsp3) is 0.353. The third kappa shape index (κ3) is 5.56. The summed E-state index contributed by atoms with van der Waals surface area (Å²) in [6.45, 7) is 2.32. The zero-order valence-electron chi connectivity index (χ0n) is 13.6. The highest BCUT2D eigenvalue weighted by Gasteiger charge is 2.06. The Kier molecular flexibility index (Phi) is 6.87. The van der Waals surface area contributed by atoms with E-state index in [1.165, 1.54) is 11.6 Å². The van der Waals surface area contributed by atoms with E-state index < -0.39 is 0 Å². The van der Waals surface area contributed by atoms with Gasteiger partial charge in [-0.05, 0) is 40.9 Å². The van der Waals surface area contributed by atoms with Crippen molar-refractivity contribution in [2.45, 2.75) is 13.0 Å². The van der Waals surface area contributed by atoms with Crippen LogP contribution in [-0.2, 0) is 6.54 Å². The van der Waals surface area contributed by atoms with Crippen LogP contribution < -0.4 is 15.5 Å². The van der Waals surface area contributed by atoms with Crippen LogP contribution in [0, 0.1) is 5.82 Å². The van der Waals surface area contributed by atoms with Crippen molar-refractivity contribution in [2.75, 3.05) is 32.1 Å². The highest BCUT2D eigenvalue weighted by Crippen LogP contribution is 2.16. The highest BCUT2D eigenvalue weighted by atomic mass is 32.1. The predicted octanol–water partition coefficient (Wildman–Crippen LogP) is 3.08. The van der Waals surface area contributed by atoms with Gasteiger partial charge in [0.1, 0.15) is 5.82 Å². The van der Waals surface area contributed by atoms with Gasteiger partial charge in [0.25, 0.3) is 0 Å². The van der Waals surface area contributed by atoms with Crippen LogP contribution in [0.5, 0.6) is 0 Å². The standard InChI is InChI=1S/C17H23FN4S/c1-19-17(21-12-14-8-11-23-13-14)20-9-5-10-22(2)16-7-4-3-6-15(16)18/h3-4,6-8,11,13H,5,9-10,12H2,1-2H3,(H2,19,20,21). The van der Waals surface area contributed by atoms with Gasteiger partial charge in [-0.2, -0.15) is 11.3 Å². The molecule has 4 nitrogen and oxygen atoms in total. The average molecular weight is 334 g/mol. The summed E-state index contributed by atoms with van der Waals surface area (Å²) < 4.78 is 13.7. The Morgan fingerprint density at radius 1 is 1.26 bits per heavy atom. The van der Waals surface area contributed by atoms with Crippen LogP contribution in [-0.4, -0.2) is 33.1 Å². The van der Waals surface area contributed by atoms with Crippen LogP contribution in [0.4, 0.5) is 10.1 Å². The lowest BCUT2D eigenvalue weighted by atomic mass is 10.2. The molecule has 0 aliphatic carbocycles. The van der Waals surface area contributed by atoms with E-state index in [2.05, 4.69) is 32.5 Å². The topological polar surface area (TPSA) is 39.7 Å². The molecule has 0 saturated carbocycles. The van der Waals surface area contributed by atoms with Gasteiger partial charge >= 0.3 is 0 Å². The summed E-state index contributed by atoms with van der Waals surface area (Å²) >= 11 is 1.69. The van der Waals surface area contributed by atoms with E-state index in [0.717, 1.165) is 32.0 Å². The predicted molar refractivity (Wildman–Crippen MR) is 96.8 cm³/mol. The minimum Gasteiger partial charge on any atom is -0.372 e. The molecule has 1 aromatic heterocycles. The van der Waals surface area contributed by atoms with Gasteiger partial charge in [-0.15, -0.1) is 0 Å². The van der Waals surface area contributed by atoms with Gasteiger partial charge in [-0.3, -0.25) is 4.99 Å². The summed E-state index contributed by atoms with van der Waals surface area (Å²) in [6, 6.07) is 8.93. The number of para-hydroxylation sites is 1. The third-order valence-corrected chi connectivity index (χ3v) is 4.22. The van der Waals surface area contributed by atoms with E-state index in [1.807, 2.05) is 18.0 Å². The van der Waals surface area contributed by atoms with Gasteiger partial charge in [0, 0.05) is 33.7 Å². The van der Waals surface area contributed by atoms with Gasteiger partial charge in [0.05, 0.1) is 5.69 Å². The number of rotatable bonds is 7. The van der Waals surface area contributed by atoms with E-state index in [0.29, 0.717) is 5.69 Å². The average Bonchev–Trinajstić information content (AvgIpc) is 3.08. The molecule has 124 valence electrons. The Hall–Kier alpha value is -2.08. The largest absolute Gasteiger partial charge is 0.372 e. The molecule has 1 aromatic carbocycles. The summed E-state index contributed by atoms with van der Waals surface area (Å²) in [5.74, 6) is 0.598. The highest BCUT2D eigenvalue weighted by molar-refractivity contribution is 7.07. The van der Waals surface area contributed by atoms with Crippen molar-refractivity contribution >= 4 is 23.0 Å². The van der Waals surface area contributed by atoms with Gasteiger partial charge in [0.15, 0.2) is 5.96 Å². The summed E-state index contributed by atoms with van der Waals surface area (Å²) in [6.07, 6.45) is 0.893. The lowest BCUT2D eigenvalue weighted by Crippen LogP contribution is -2.38. The zero-order chi connectivity index (χ0) is 16.5. The number of halogens is 1. The zero-order valence-corrected chi connectivity index (χ0v) is 14.4. The lowest BCUT2D eigenvalue weighted by molar-refractivity contribution is 0.619. The SMILES string of the molecule is CN=C(NCCCN(C)c1ccccc1F)NCc1ccsc1. The number of benzene rings is 1. The first kappa shape index (κ1) is 17.3. The lowest BCUT2D eigenvalue weighted by Gasteiger charge is -2.20. The molecule has 1 heterocycles. The molecule has 2 aromatic rings. The molecule has 2 N–H and O–H groups in total. The molecule has 0 fully saturated rings. The van der Waals surface area contributed by atoms with Gasteiger partial charge in [0.2, 0.25) is 0 Å². The molecule has 0 aliphatic rings. The molecule has 0 bridgehead atoms. The van der Waals surface area contributed by atoms with E-state index in [1.54, 1.807) is 30.5 Å². The molecule has 0 saturated heterocycles. The number of nitrogens with zero attached hydrogens (tertiary/aromatic N) is 2.